The van der Waals surface area contributed by atoms with Crippen molar-refractivity contribution in [2.75, 3.05) is 0 Å². The van der Waals surface area contributed by atoms with E-state index >= 15 is 0 Å². The molecule has 0 atom stereocenters. The van der Waals surface area contributed by atoms with Crippen molar-refractivity contribution in [3.63, 3.8) is 0 Å². The third-order valence-electron chi connectivity index (χ3n) is 23.9. The summed E-state index contributed by atoms with van der Waals surface area (Å²) in [5.41, 5.74) is 37.1. The fraction of sp³-hybridized carbons (Fsp3) is 0. The van der Waals surface area contributed by atoms with Gasteiger partial charge in [0.1, 0.15) is 0 Å². The first-order chi connectivity index (χ1) is 66.7. The summed E-state index contributed by atoms with van der Waals surface area (Å²) in [7, 11) is 0. The maximum absolute atomic E-state index is 6.49. The number of pyridine rings is 9. The van der Waals surface area contributed by atoms with Gasteiger partial charge in [0.2, 0.25) is 17.6 Å². The molecule has 22 aromatic rings. The molecule has 0 aliphatic heterocycles. The van der Waals surface area contributed by atoms with Crippen molar-refractivity contribution in [1.82, 2.24) is 59.8 Å². The van der Waals surface area contributed by atoms with Crippen molar-refractivity contribution < 1.29 is 14.2 Å². The van der Waals surface area contributed by atoms with Gasteiger partial charge in [0.05, 0.1) is 0 Å². The van der Waals surface area contributed by atoms with E-state index in [0.29, 0.717) is 0 Å². The van der Waals surface area contributed by atoms with Crippen molar-refractivity contribution in [3.8, 4) is 236 Å². The largest absolute Gasteiger partial charge is 0.405 e. The zero-order valence-electron chi connectivity index (χ0n) is 72.6. The van der Waals surface area contributed by atoms with Crippen molar-refractivity contribution in [1.29, 1.82) is 0 Å². The van der Waals surface area contributed by atoms with Gasteiger partial charge in [-0.3, -0.25) is 29.9 Å². The molecule has 0 saturated carbocycles. The van der Waals surface area contributed by atoms with Crippen LogP contribution in [0.15, 0.2) is 475 Å². The first-order valence-electron chi connectivity index (χ1n) is 44.3. The molecular formula is C120H78N12O3. The third kappa shape index (κ3) is 18.7. The highest BCUT2D eigenvalue weighted by atomic mass is 16.5. The van der Waals surface area contributed by atoms with Gasteiger partial charge in [-0.25, -0.2) is 15.0 Å². The predicted octanol–water partition coefficient (Wildman–Crippen LogP) is 29.8. The molecule has 0 radical (unpaired) electrons. The van der Waals surface area contributed by atoms with Crippen LogP contribution in [0.3, 0.4) is 0 Å². The maximum Gasteiger partial charge on any atom is 0.332 e. The summed E-state index contributed by atoms with van der Waals surface area (Å²) in [5.74, 6) is 0.605. The van der Waals surface area contributed by atoms with Crippen LogP contribution in [0.4, 0.5) is 0 Å². The molecule has 636 valence electrons. The van der Waals surface area contributed by atoms with Crippen LogP contribution in [0.5, 0.6) is 35.7 Å². The van der Waals surface area contributed by atoms with Gasteiger partial charge in [0, 0.05) is 161 Å². The molecule has 12 aromatic carbocycles. The molecule has 0 aliphatic rings. The van der Waals surface area contributed by atoms with E-state index in [1.165, 1.54) is 0 Å². The van der Waals surface area contributed by atoms with Crippen molar-refractivity contribution >= 4 is 0 Å². The quantitative estimate of drug-likeness (QED) is 0.0556. The Morgan fingerprint density at radius 3 is 0.385 bits per heavy atom. The van der Waals surface area contributed by atoms with E-state index in [2.05, 4.69) is 339 Å². The smallest absolute Gasteiger partial charge is 0.332 e. The van der Waals surface area contributed by atoms with E-state index in [4.69, 9.17) is 44.1 Å². The lowest BCUT2D eigenvalue weighted by Crippen LogP contribution is -2.03. The molecule has 0 saturated heterocycles. The van der Waals surface area contributed by atoms with Crippen molar-refractivity contribution in [2.45, 2.75) is 0 Å². The van der Waals surface area contributed by atoms with Gasteiger partial charge < -0.3 is 14.2 Å². The molecule has 0 aliphatic carbocycles. The monoisotopic (exact) mass is 1730 g/mol. The topological polar surface area (TPSA) is 182 Å². The Bertz CT molecular complexity index is 6980. The summed E-state index contributed by atoms with van der Waals surface area (Å²) in [6.45, 7) is 0. The Labute approximate surface area is 780 Å². The van der Waals surface area contributed by atoms with E-state index in [-0.39, 0.29) is 35.7 Å². The van der Waals surface area contributed by atoms with Gasteiger partial charge in [0.15, 0.2) is 0 Å². The molecule has 0 unspecified atom stereocenters. The lowest BCUT2D eigenvalue weighted by atomic mass is 9.91. The molecule has 15 nitrogen and oxygen atoms in total. The van der Waals surface area contributed by atoms with Crippen LogP contribution in [0.1, 0.15) is 0 Å². The molecule has 22 rings (SSSR count). The van der Waals surface area contributed by atoms with Crippen LogP contribution in [0.25, 0.3) is 200 Å². The standard InChI is InChI=1S/C120H78N12O3/c1-16-79(97-34-10-46-121-70-97)52-88(25-1)106-61-107(89-26-2-17-80(53-89)98-35-11-47-122-71-98)65-112(64-106)94-31-7-22-85(58-94)103-40-43-115(127-76-103)133-118-130-119(134-116-44-41-104(77-128-116)86-23-8-32-95(59-86)113-66-108(90-27-3-18-81(54-90)99-36-12-48-123-72-99)62-109(67-113)91-28-4-19-82(55-91)100-37-13-49-124-73-100)132-120(131-118)135-117-45-42-105(78-129-117)87-24-9-33-96(60-87)114-68-110(92-29-5-20-83(56-92)101-38-14-50-125-74-101)63-111(69-114)93-30-6-21-84(57-93)102-39-15-51-126-75-102/h1-78H. The summed E-state index contributed by atoms with van der Waals surface area (Å²) in [4.78, 5) is 55.3. The Balaban J connectivity index is 0.572. The Kier molecular flexibility index (Phi) is 22.9. The minimum absolute atomic E-state index is 0.156. The van der Waals surface area contributed by atoms with Gasteiger partial charge in [-0.2, -0.15) is 0 Å². The van der Waals surface area contributed by atoms with Crippen molar-refractivity contribution in [2.24, 2.45) is 0 Å². The van der Waals surface area contributed by atoms with Gasteiger partial charge >= 0.3 is 18.0 Å². The summed E-state index contributed by atoms with van der Waals surface area (Å²) in [5, 5.41) is 0. The lowest BCUT2D eigenvalue weighted by Gasteiger charge is -2.14. The highest BCUT2D eigenvalue weighted by Gasteiger charge is 2.21. The zero-order chi connectivity index (χ0) is 90.0. The molecule has 15 heteroatoms. The van der Waals surface area contributed by atoms with Crippen molar-refractivity contribution in [3.05, 3.63) is 475 Å². The number of hydrogen-bond donors (Lipinski definition) is 0. The second-order valence-electron chi connectivity index (χ2n) is 32.7. The average Bonchev–Trinajstić information content (AvgIpc) is 0.792. The van der Waals surface area contributed by atoms with E-state index < -0.39 is 0 Å². The van der Waals surface area contributed by atoms with Gasteiger partial charge in [-0.15, -0.1) is 15.0 Å². The van der Waals surface area contributed by atoms with Crippen LogP contribution in [-0.4, -0.2) is 59.8 Å². The highest BCUT2D eigenvalue weighted by molar-refractivity contribution is 5.90. The Morgan fingerprint density at radius 1 is 0.119 bits per heavy atom. The first kappa shape index (κ1) is 82.1. The molecular weight excluding hydrogens is 1660 g/mol. The number of aromatic nitrogens is 12. The first-order valence-corrected chi connectivity index (χ1v) is 44.3. The van der Waals surface area contributed by atoms with Crippen LogP contribution >= 0.6 is 0 Å². The number of hydrogen-bond acceptors (Lipinski definition) is 15. The molecule has 0 amide bonds. The Morgan fingerprint density at radius 2 is 0.252 bits per heavy atom. The fourth-order valence-electron chi connectivity index (χ4n) is 17.1. The summed E-state index contributed by atoms with van der Waals surface area (Å²) < 4.78 is 19.5. The number of nitrogens with zero attached hydrogens (tertiary/aromatic N) is 12. The van der Waals surface area contributed by atoms with E-state index in [1.807, 2.05) is 91.8 Å². The average molecular weight is 1740 g/mol. The molecule has 0 N–H and O–H groups in total. The SMILES string of the molecule is c1cncc(-c2cccc(-c3cc(-c4cccc(-c5cccnc5)c4)cc(-c4cccc(-c5ccc(Oc6nc(Oc7ccc(-c8cccc(-c9cc(-c%10cccc(-c%11cccnc%11)c%10)cc(-c%10cccc(-c%11cccnc%11)c%10)c9)c8)cn7)nc(Oc7ccc(-c8cccc(-c9cc(-c%10cccc(-c%11cccnc%11)c%10)cc(-c%10cccc(-c%11cccnc%11)c%10)c9)c8)cn7)n6)nc5)c4)c3)c2)c1. The molecule has 10 aromatic heterocycles. The van der Waals surface area contributed by atoms with E-state index in [1.54, 1.807) is 74.0 Å². The van der Waals surface area contributed by atoms with E-state index in [0.717, 1.165) is 200 Å². The van der Waals surface area contributed by atoms with Gasteiger partial charge in [-0.05, 0) is 314 Å². The van der Waals surface area contributed by atoms with Crippen LogP contribution in [-0.2, 0) is 0 Å². The molecule has 135 heavy (non-hydrogen) atoms. The summed E-state index contributed by atoms with van der Waals surface area (Å²) >= 11 is 0. The molecule has 10 heterocycles. The minimum Gasteiger partial charge on any atom is -0.405 e. The Hall–Kier alpha value is -18.6. The second kappa shape index (κ2) is 37.6. The van der Waals surface area contributed by atoms with Crippen LogP contribution < -0.4 is 14.2 Å². The number of rotatable bonds is 24. The summed E-state index contributed by atoms with van der Waals surface area (Å²) in [6.07, 6.45) is 27.5. The van der Waals surface area contributed by atoms with Crippen LogP contribution in [0, 0.1) is 0 Å². The number of ether oxygens (including phenoxy) is 3. The maximum atomic E-state index is 6.49. The second-order valence-corrected chi connectivity index (χ2v) is 32.7. The molecule has 0 fully saturated rings. The predicted molar refractivity (Wildman–Crippen MR) is 537 cm³/mol. The summed E-state index contributed by atoms with van der Waals surface area (Å²) in [6, 6.07) is 133. The lowest BCUT2D eigenvalue weighted by molar-refractivity contribution is 0.349. The number of benzene rings is 12. The zero-order valence-corrected chi connectivity index (χ0v) is 72.6. The van der Waals surface area contributed by atoms with E-state index in [9.17, 15) is 0 Å². The van der Waals surface area contributed by atoms with Gasteiger partial charge in [0.25, 0.3) is 0 Å². The fourth-order valence-corrected chi connectivity index (χ4v) is 17.1. The molecule has 0 bridgehead atoms. The molecule has 0 spiro atoms. The highest BCUT2D eigenvalue weighted by Crippen LogP contribution is 2.44. The van der Waals surface area contributed by atoms with Gasteiger partial charge in [-0.1, -0.05) is 200 Å². The normalized spacial score (nSPS) is 11.1. The third-order valence-corrected chi connectivity index (χ3v) is 23.9. The minimum atomic E-state index is -0.156. The van der Waals surface area contributed by atoms with Crippen LogP contribution in [0.2, 0.25) is 0 Å².